The first-order valence-electron chi connectivity index (χ1n) is 9.19. The number of carbonyl (C=O) groups is 3. The van der Waals surface area contributed by atoms with E-state index < -0.39 is 11.6 Å². The van der Waals surface area contributed by atoms with Crippen molar-refractivity contribution in [3.63, 3.8) is 0 Å². The highest BCUT2D eigenvalue weighted by Crippen LogP contribution is 2.41. The quantitative estimate of drug-likeness (QED) is 0.760. The van der Waals surface area contributed by atoms with Crippen molar-refractivity contribution in [3.8, 4) is 0 Å². The normalized spacial score (nSPS) is 30.7. The number of hydrogen-bond acceptors (Lipinski definition) is 4. The van der Waals surface area contributed by atoms with Crippen LogP contribution in [0, 0.1) is 0 Å². The van der Waals surface area contributed by atoms with Gasteiger partial charge in [0.2, 0.25) is 5.91 Å². The van der Waals surface area contributed by atoms with E-state index in [1.807, 2.05) is 38.1 Å². The number of rotatable bonds is 2. The van der Waals surface area contributed by atoms with Gasteiger partial charge in [-0.25, -0.2) is 4.79 Å². The molecular weight excluding hydrogens is 332 g/mol. The van der Waals surface area contributed by atoms with Gasteiger partial charge in [-0.2, -0.15) is 0 Å². The second-order valence-electron chi connectivity index (χ2n) is 7.45. The SMILES string of the molecule is CC1NCCN(C(=O)CN2C(=O)NC3(CCc4ccccc43)C2=O)C1C. The van der Waals surface area contributed by atoms with Crippen molar-refractivity contribution >= 4 is 17.8 Å². The molecule has 1 aromatic carbocycles. The molecule has 26 heavy (non-hydrogen) atoms. The molecule has 4 rings (SSSR count). The first-order valence-corrected chi connectivity index (χ1v) is 9.19. The van der Waals surface area contributed by atoms with E-state index in [9.17, 15) is 14.4 Å². The van der Waals surface area contributed by atoms with Gasteiger partial charge >= 0.3 is 6.03 Å². The van der Waals surface area contributed by atoms with E-state index >= 15 is 0 Å². The number of imide groups is 1. The summed E-state index contributed by atoms with van der Waals surface area (Å²) < 4.78 is 0. The lowest BCUT2D eigenvalue weighted by Crippen LogP contribution is -2.59. The van der Waals surface area contributed by atoms with Crippen molar-refractivity contribution in [3.05, 3.63) is 35.4 Å². The Morgan fingerprint density at radius 3 is 2.85 bits per heavy atom. The Morgan fingerprint density at radius 1 is 1.27 bits per heavy atom. The molecule has 3 unspecified atom stereocenters. The number of benzene rings is 1. The van der Waals surface area contributed by atoms with E-state index in [0.717, 1.165) is 22.4 Å². The molecule has 0 bridgehead atoms. The molecule has 0 radical (unpaired) electrons. The van der Waals surface area contributed by atoms with Crippen LogP contribution in [0.5, 0.6) is 0 Å². The van der Waals surface area contributed by atoms with Gasteiger partial charge in [0.1, 0.15) is 12.1 Å². The summed E-state index contributed by atoms with van der Waals surface area (Å²) in [6.45, 7) is 5.11. The summed E-state index contributed by atoms with van der Waals surface area (Å²) in [6, 6.07) is 7.43. The lowest BCUT2D eigenvalue weighted by atomic mass is 9.92. The largest absolute Gasteiger partial charge is 0.336 e. The number of nitrogens with zero attached hydrogens (tertiary/aromatic N) is 2. The van der Waals surface area contributed by atoms with Gasteiger partial charge in [-0.05, 0) is 37.8 Å². The number of hydrogen-bond donors (Lipinski definition) is 2. The average Bonchev–Trinajstić information content (AvgIpc) is 3.11. The maximum absolute atomic E-state index is 13.1. The van der Waals surface area contributed by atoms with E-state index in [1.165, 1.54) is 0 Å². The molecule has 0 aromatic heterocycles. The molecule has 1 aromatic rings. The van der Waals surface area contributed by atoms with Crippen LogP contribution in [0.15, 0.2) is 24.3 Å². The van der Waals surface area contributed by atoms with Crippen LogP contribution in [0.1, 0.15) is 31.4 Å². The Morgan fingerprint density at radius 2 is 2.04 bits per heavy atom. The number of fused-ring (bicyclic) bond motifs is 2. The third kappa shape index (κ3) is 2.41. The van der Waals surface area contributed by atoms with Crippen LogP contribution in [-0.2, 0) is 21.5 Å². The van der Waals surface area contributed by atoms with Gasteiger partial charge in [0.05, 0.1) is 0 Å². The zero-order chi connectivity index (χ0) is 18.5. The van der Waals surface area contributed by atoms with Gasteiger partial charge in [-0.15, -0.1) is 0 Å². The smallest absolute Gasteiger partial charge is 0.325 e. The average molecular weight is 356 g/mol. The molecule has 3 aliphatic rings. The van der Waals surface area contributed by atoms with Crippen molar-refractivity contribution in [2.75, 3.05) is 19.6 Å². The Labute approximate surface area is 152 Å². The molecule has 0 saturated carbocycles. The predicted octanol–water partition coefficient (Wildman–Crippen LogP) is 0.589. The maximum atomic E-state index is 13.1. The molecule has 2 saturated heterocycles. The van der Waals surface area contributed by atoms with Gasteiger partial charge in [-0.1, -0.05) is 24.3 Å². The molecule has 7 nitrogen and oxygen atoms in total. The number of nitrogens with one attached hydrogen (secondary N) is 2. The fourth-order valence-electron chi connectivity index (χ4n) is 4.37. The van der Waals surface area contributed by atoms with E-state index in [0.29, 0.717) is 19.5 Å². The van der Waals surface area contributed by atoms with Gasteiger partial charge in [0, 0.05) is 25.2 Å². The van der Waals surface area contributed by atoms with Gasteiger partial charge < -0.3 is 15.5 Å². The molecule has 2 aliphatic heterocycles. The summed E-state index contributed by atoms with van der Waals surface area (Å²) in [5.41, 5.74) is 0.937. The second-order valence-corrected chi connectivity index (χ2v) is 7.45. The minimum atomic E-state index is -1.00. The van der Waals surface area contributed by atoms with Crippen LogP contribution < -0.4 is 10.6 Å². The number of urea groups is 1. The fraction of sp³-hybridized carbons (Fsp3) is 0.526. The highest BCUT2D eigenvalue weighted by molar-refractivity contribution is 6.09. The number of carbonyl (C=O) groups excluding carboxylic acids is 3. The van der Waals surface area contributed by atoms with Crippen LogP contribution >= 0.6 is 0 Å². The lowest BCUT2D eigenvalue weighted by molar-refractivity contribution is -0.141. The summed E-state index contributed by atoms with van der Waals surface area (Å²) in [5, 5.41) is 6.19. The highest BCUT2D eigenvalue weighted by Gasteiger charge is 2.55. The fourth-order valence-corrected chi connectivity index (χ4v) is 4.37. The number of piperazine rings is 1. The monoisotopic (exact) mass is 356 g/mol. The van der Waals surface area contributed by atoms with Crippen LogP contribution in [0.25, 0.3) is 0 Å². The van der Waals surface area contributed by atoms with E-state index in [-0.39, 0.29) is 30.4 Å². The van der Waals surface area contributed by atoms with Crippen LogP contribution in [0.4, 0.5) is 4.79 Å². The zero-order valence-electron chi connectivity index (χ0n) is 15.1. The minimum Gasteiger partial charge on any atom is -0.336 e. The molecule has 3 atom stereocenters. The second kappa shape index (κ2) is 6.09. The van der Waals surface area contributed by atoms with Crippen molar-refractivity contribution in [1.29, 1.82) is 0 Å². The van der Waals surface area contributed by atoms with E-state index in [2.05, 4.69) is 10.6 Å². The standard InChI is InChI=1S/C19H24N4O3/c1-12-13(2)22(10-9-20-12)16(24)11-23-17(25)19(21-18(23)26)8-7-14-5-3-4-6-15(14)19/h3-6,12-13,20H,7-11H2,1-2H3,(H,21,26). The molecule has 2 N–H and O–H groups in total. The zero-order valence-corrected chi connectivity index (χ0v) is 15.1. The highest BCUT2D eigenvalue weighted by atomic mass is 16.2. The molecule has 2 heterocycles. The number of aryl methyl sites for hydroxylation is 1. The lowest BCUT2D eigenvalue weighted by Gasteiger charge is -2.39. The summed E-state index contributed by atoms with van der Waals surface area (Å²) in [5.74, 6) is -0.491. The summed E-state index contributed by atoms with van der Waals surface area (Å²) in [6.07, 6.45) is 1.29. The maximum Gasteiger partial charge on any atom is 0.325 e. The molecule has 7 heteroatoms. The van der Waals surface area contributed by atoms with E-state index in [1.54, 1.807) is 4.90 Å². The molecule has 138 valence electrons. The number of amides is 4. The summed E-state index contributed by atoms with van der Waals surface area (Å²) >= 11 is 0. The first kappa shape index (κ1) is 17.0. The Balaban J connectivity index is 1.55. The van der Waals surface area contributed by atoms with Crippen molar-refractivity contribution < 1.29 is 14.4 Å². The van der Waals surface area contributed by atoms with Crippen LogP contribution in [0.3, 0.4) is 0 Å². The molecule has 1 spiro atoms. The van der Waals surface area contributed by atoms with E-state index in [4.69, 9.17) is 0 Å². The Kier molecular flexibility index (Phi) is 3.99. The van der Waals surface area contributed by atoms with Crippen molar-refractivity contribution in [2.45, 2.75) is 44.3 Å². The minimum absolute atomic E-state index is 0.0261. The van der Waals surface area contributed by atoms with Crippen LogP contribution in [0.2, 0.25) is 0 Å². The summed E-state index contributed by atoms with van der Waals surface area (Å²) in [7, 11) is 0. The summed E-state index contributed by atoms with van der Waals surface area (Å²) in [4.78, 5) is 41.3. The van der Waals surface area contributed by atoms with Gasteiger partial charge in [-0.3, -0.25) is 14.5 Å². The topological polar surface area (TPSA) is 81.8 Å². The Hall–Kier alpha value is -2.41. The molecule has 2 fully saturated rings. The first-order chi connectivity index (χ1) is 12.4. The molecule has 4 amide bonds. The van der Waals surface area contributed by atoms with Gasteiger partial charge in [0.15, 0.2) is 0 Å². The Bertz CT molecular complexity index is 780. The third-order valence-electron chi connectivity index (χ3n) is 6.07. The molecular formula is C19H24N4O3. The predicted molar refractivity (Wildman–Crippen MR) is 95.3 cm³/mol. The van der Waals surface area contributed by atoms with Crippen molar-refractivity contribution in [1.82, 2.24) is 20.4 Å². The third-order valence-corrected chi connectivity index (χ3v) is 6.07. The van der Waals surface area contributed by atoms with Crippen LogP contribution in [-0.4, -0.2) is 59.4 Å². The van der Waals surface area contributed by atoms with Gasteiger partial charge in [0.25, 0.3) is 5.91 Å². The molecule has 1 aliphatic carbocycles. The van der Waals surface area contributed by atoms with Crippen molar-refractivity contribution in [2.24, 2.45) is 0 Å².